The summed E-state index contributed by atoms with van der Waals surface area (Å²) < 4.78 is 28.6. The number of fused-ring (bicyclic) bond motifs is 1. The van der Waals surface area contributed by atoms with E-state index in [2.05, 4.69) is 16.7 Å². The van der Waals surface area contributed by atoms with Crippen LogP contribution in [0.4, 0.5) is 0 Å². The van der Waals surface area contributed by atoms with Gasteiger partial charge in [-0.25, -0.2) is 8.42 Å². The zero-order valence-electron chi connectivity index (χ0n) is 19.2. The van der Waals surface area contributed by atoms with E-state index in [0.29, 0.717) is 18.0 Å². The fraction of sp³-hybridized carbons (Fsp3) is 0.462. The molecular formula is C26H32N2O4S. The number of sulfonamides is 1. The van der Waals surface area contributed by atoms with E-state index in [1.807, 2.05) is 37.3 Å². The van der Waals surface area contributed by atoms with Crippen LogP contribution in [0.15, 0.2) is 53.4 Å². The summed E-state index contributed by atoms with van der Waals surface area (Å²) in [6.45, 7) is 5.34. The first-order valence-electron chi connectivity index (χ1n) is 11.5. The molecule has 0 saturated carbocycles. The summed E-state index contributed by atoms with van der Waals surface area (Å²) in [5.74, 6) is 5.74. The molecule has 2 fully saturated rings. The molecule has 2 aliphatic heterocycles. The second-order valence-corrected chi connectivity index (χ2v) is 11.0. The number of aryl methyl sites for hydroxylation is 1. The number of benzene rings is 2. The first kappa shape index (κ1) is 23.9. The van der Waals surface area contributed by atoms with Crippen LogP contribution in [-0.2, 0) is 10.0 Å². The molecule has 4 atom stereocenters. The number of hydrogen-bond donors (Lipinski definition) is 2. The molecule has 2 N–H and O–H groups in total. The first-order chi connectivity index (χ1) is 15.8. The largest absolute Gasteiger partial charge is 0.395 e. The molecule has 0 unspecified atom stereocenters. The summed E-state index contributed by atoms with van der Waals surface area (Å²) >= 11 is 0. The van der Waals surface area contributed by atoms with E-state index in [0.717, 1.165) is 36.1 Å². The molecule has 7 heteroatoms. The van der Waals surface area contributed by atoms with Gasteiger partial charge in [0.05, 0.1) is 11.5 Å². The van der Waals surface area contributed by atoms with Crippen LogP contribution in [-0.4, -0.2) is 72.3 Å². The van der Waals surface area contributed by atoms with Crippen molar-refractivity contribution in [2.24, 2.45) is 0 Å². The van der Waals surface area contributed by atoms with Gasteiger partial charge in [-0.3, -0.25) is 4.90 Å². The summed E-state index contributed by atoms with van der Waals surface area (Å²) in [6, 6.07) is 14.9. The summed E-state index contributed by atoms with van der Waals surface area (Å²) in [5.41, 5.74) is 2.81. The van der Waals surface area contributed by atoms with Gasteiger partial charge in [-0.15, -0.1) is 0 Å². The minimum absolute atomic E-state index is 0.0106. The molecule has 33 heavy (non-hydrogen) atoms. The monoisotopic (exact) mass is 468 g/mol. The van der Waals surface area contributed by atoms with Crippen molar-refractivity contribution in [3.63, 3.8) is 0 Å². The third kappa shape index (κ3) is 5.01. The zero-order chi connectivity index (χ0) is 23.6. The fourth-order valence-corrected chi connectivity index (χ4v) is 6.63. The molecule has 176 valence electrons. The summed E-state index contributed by atoms with van der Waals surface area (Å²) in [5, 5.41) is 19.5. The Morgan fingerprint density at radius 3 is 2.52 bits per heavy atom. The Hall–Kier alpha value is -2.21. The Bertz CT molecular complexity index is 1130. The molecule has 2 aromatic rings. The van der Waals surface area contributed by atoms with E-state index >= 15 is 0 Å². The van der Waals surface area contributed by atoms with E-state index in [1.165, 1.54) is 0 Å². The molecule has 2 aromatic carbocycles. The third-order valence-electron chi connectivity index (χ3n) is 6.68. The molecule has 2 aliphatic rings. The van der Waals surface area contributed by atoms with Crippen LogP contribution in [0.5, 0.6) is 0 Å². The van der Waals surface area contributed by atoms with Crippen molar-refractivity contribution >= 4 is 10.0 Å². The third-order valence-corrected chi connectivity index (χ3v) is 8.54. The minimum atomic E-state index is -3.60. The van der Waals surface area contributed by atoms with Gasteiger partial charge in [0, 0.05) is 36.7 Å². The molecule has 0 aromatic heterocycles. The quantitative estimate of drug-likeness (QED) is 0.674. The molecule has 0 amide bonds. The van der Waals surface area contributed by atoms with Crippen molar-refractivity contribution in [2.75, 3.05) is 26.2 Å². The Morgan fingerprint density at radius 1 is 1.12 bits per heavy atom. The highest BCUT2D eigenvalue weighted by Gasteiger charge is 2.50. The number of aliphatic hydroxyl groups is 2. The topological polar surface area (TPSA) is 81.1 Å². The highest BCUT2D eigenvalue weighted by Crippen LogP contribution is 2.42. The summed E-state index contributed by atoms with van der Waals surface area (Å²) in [7, 11) is -3.60. The molecule has 0 radical (unpaired) electrons. The predicted molar refractivity (Wildman–Crippen MR) is 128 cm³/mol. The van der Waals surface area contributed by atoms with Crippen molar-refractivity contribution in [3.8, 4) is 11.8 Å². The van der Waals surface area contributed by atoms with Crippen molar-refractivity contribution in [1.29, 1.82) is 0 Å². The number of aliphatic hydroxyl groups excluding tert-OH is 2. The highest BCUT2D eigenvalue weighted by atomic mass is 32.2. The Labute approximate surface area is 196 Å². The van der Waals surface area contributed by atoms with Gasteiger partial charge < -0.3 is 10.2 Å². The second kappa shape index (κ2) is 9.96. The lowest BCUT2D eigenvalue weighted by molar-refractivity contribution is -0.0553. The SMILES string of the molecule is Cc1cccc(S(=O)(=O)N2CCCCN3[C@H](C2)[C@@H](c2ccc(C#C[C@@H](C)O)cc2)[C@@H]3CO)c1. The van der Waals surface area contributed by atoms with Crippen molar-refractivity contribution in [3.05, 3.63) is 65.2 Å². The van der Waals surface area contributed by atoms with Crippen molar-refractivity contribution in [2.45, 2.75) is 55.7 Å². The maximum Gasteiger partial charge on any atom is 0.243 e. The van der Waals surface area contributed by atoms with Crippen LogP contribution in [0, 0.1) is 18.8 Å². The molecule has 0 aliphatic carbocycles. The van der Waals surface area contributed by atoms with E-state index in [9.17, 15) is 18.6 Å². The average molecular weight is 469 g/mol. The normalized spacial score (nSPS) is 25.0. The lowest BCUT2D eigenvalue weighted by Gasteiger charge is -2.57. The van der Waals surface area contributed by atoms with Gasteiger partial charge in [0.1, 0.15) is 6.10 Å². The van der Waals surface area contributed by atoms with Gasteiger partial charge >= 0.3 is 0 Å². The van der Waals surface area contributed by atoms with Gasteiger partial charge in [0.2, 0.25) is 10.0 Å². The second-order valence-electron chi connectivity index (χ2n) is 9.03. The predicted octanol–water partition coefficient (Wildman–Crippen LogP) is 2.34. The molecule has 6 nitrogen and oxygen atoms in total. The van der Waals surface area contributed by atoms with Gasteiger partial charge in [-0.05, 0) is 68.6 Å². The molecule has 2 heterocycles. The fourth-order valence-electron chi connectivity index (χ4n) is 5.03. The maximum atomic E-state index is 13.5. The Morgan fingerprint density at radius 2 is 1.85 bits per heavy atom. The van der Waals surface area contributed by atoms with Crippen LogP contribution in [0.25, 0.3) is 0 Å². The molecule has 0 bridgehead atoms. The standard InChI is InChI=1S/C26H32N2O4S/c1-19-6-5-7-23(16-19)33(31,32)27-14-3-4-15-28-24(17-27)26(25(28)18-29)22-12-10-21(11-13-22)9-8-20(2)30/h5-7,10-13,16,20,24-26,29-30H,3-4,14-15,17-18H2,1-2H3/t20-,24-,25+,26-/m1/s1. The van der Waals surface area contributed by atoms with E-state index in [-0.39, 0.29) is 24.6 Å². The average Bonchev–Trinajstić information content (AvgIpc) is 2.77. The van der Waals surface area contributed by atoms with Gasteiger partial charge in [-0.1, -0.05) is 36.1 Å². The minimum Gasteiger partial charge on any atom is -0.395 e. The number of hydrogen-bond acceptors (Lipinski definition) is 5. The first-order valence-corrected chi connectivity index (χ1v) is 13.0. The van der Waals surface area contributed by atoms with Crippen molar-refractivity contribution < 1.29 is 18.6 Å². The van der Waals surface area contributed by atoms with Crippen LogP contribution in [0.1, 0.15) is 42.4 Å². The lowest BCUT2D eigenvalue weighted by Crippen LogP contribution is -2.67. The van der Waals surface area contributed by atoms with Gasteiger partial charge in [0.15, 0.2) is 0 Å². The smallest absolute Gasteiger partial charge is 0.243 e. The molecule has 2 saturated heterocycles. The van der Waals surface area contributed by atoms with Gasteiger partial charge in [-0.2, -0.15) is 4.31 Å². The highest BCUT2D eigenvalue weighted by molar-refractivity contribution is 7.89. The zero-order valence-corrected chi connectivity index (χ0v) is 20.0. The van der Waals surface area contributed by atoms with Crippen LogP contribution >= 0.6 is 0 Å². The summed E-state index contributed by atoms with van der Waals surface area (Å²) in [6.07, 6.45) is 1.01. The van der Waals surface area contributed by atoms with E-state index in [1.54, 1.807) is 29.4 Å². The molecular weight excluding hydrogens is 436 g/mol. The Kier molecular flexibility index (Phi) is 7.22. The Balaban J connectivity index is 1.61. The lowest BCUT2D eigenvalue weighted by atomic mass is 9.74. The maximum absolute atomic E-state index is 13.5. The van der Waals surface area contributed by atoms with Crippen LogP contribution < -0.4 is 0 Å². The number of rotatable bonds is 4. The summed E-state index contributed by atoms with van der Waals surface area (Å²) in [4.78, 5) is 2.61. The molecule has 0 spiro atoms. The van der Waals surface area contributed by atoms with Gasteiger partial charge in [0.25, 0.3) is 0 Å². The van der Waals surface area contributed by atoms with Crippen molar-refractivity contribution in [1.82, 2.24) is 9.21 Å². The number of nitrogens with zero attached hydrogens (tertiary/aromatic N) is 2. The molecule has 4 rings (SSSR count). The van der Waals surface area contributed by atoms with E-state index < -0.39 is 16.1 Å². The van der Waals surface area contributed by atoms with Crippen LogP contribution in [0.2, 0.25) is 0 Å². The van der Waals surface area contributed by atoms with E-state index in [4.69, 9.17) is 0 Å². The van der Waals surface area contributed by atoms with Crippen LogP contribution in [0.3, 0.4) is 0 Å².